The van der Waals surface area contributed by atoms with E-state index in [0.29, 0.717) is 18.2 Å². The molecule has 0 amide bonds. The minimum absolute atomic E-state index is 0.243. The van der Waals surface area contributed by atoms with Crippen molar-refractivity contribution in [1.82, 2.24) is 9.80 Å². The summed E-state index contributed by atoms with van der Waals surface area (Å²) in [5.74, 6) is -0.253. The standard InChI is InChI=1S/C16H25N3O2/c1-18-8-6-12(7-9-18)10-19(2)11-13-4-3-5-14(17)15(13)16(20)21/h3-5,12H,6-11,17H2,1-2H3,(H,20,21). The molecule has 3 N–H and O–H groups in total. The summed E-state index contributed by atoms with van der Waals surface area (Å²) in [7, 11) is 4.21. The normalized spacial score (nSPS) is 17.3. The minimum Gasteiger partial charge on any atom is -0.478 e. The molecule has 0 spiro atoms. The van der Waals surface area contributed by atoms with Crippen LogP contribution in [0.25, 0.3) is 0 Å². The van der Waals surface area contributed by atoms with E-state index in [4.69, 9.17) is 5.73 Å². The van der Waals surface area contributed by atoms with Crippen molar-refractivity contribution < 1.29 is 9.90 Å². The summed E-state index contributed by atoms with van der Waals surface area (Å²) in [4.78, 5) is 15.9. The highest BCUT2D eigenvalue weighted by Gasteiger charge is 2.20. The lowest BCUT2D eigenvalue weighted by Crippen LogP contribution is -2.35. The predicted octanol–water partition coefficient (Wildman–Crippen LogP) is 1.74. The number of nitrogen functional groups attached to an aromatic ring is 1. The lowest BCUT2D eigenvalue weighted by Gasteiger charge is -2.31. The molecular weight excluding hydrogens is 266 g/mol. The summed E-state index contributed by atoms with van der Waals surface area (Å²) in [5, 5.41) is 9.31. The summed E-state index contributed by atoms with van der Waals surface area (Å²) < 4.78 is 0. The largest absolute Gasteiger partial charge is 0.478 e. The average molecular weight is 291 g/mol. The number of carboxylic acids is 1. The van der Waals surface area contributed by atoms with Gasteiger partial charge >= 0.3 is 5.97 Å². The molecule has 0 bridgehead atoms. The third kappa shape index (κ3) is 4.19. The number of likely N-dealkylation sites (tertiary alicyclic amines) is 1. The summed E-state index contributed by atoms with van der Waals surface area (Å²) in [6.45, 7) is 3.93. The molecule has 0 unspecified atom stereocenters. The van der Waals surface area contributed by atoms with Crippen LogP contribution < -0.4 is 5.73 Å². The fraction of sp³-hybridized carbons (Fsp3) is 0.562. The first kappa shape index (κ1) is 15.8. The Balaban J connectivity index is 1.98. The third-order valence-electron chi connectivity index (χ3n) is 4.25. The maximum absolute atomic E-state index is 11.3. The number of hydrogen-bond acceptors (Lipinski definition) is 4. The zero-order valence-corrected chi connectivity index (χ0v) is 12.9. The average Bonchev–Trinajstić information content (AvgIpc) is 2.41. The predicted molar refractivity (Wildman–Crippen MR) is 84.4 cm³/mol. The maximum atomic E-state index is 11.3. The number of carboxylic acid groups (broad SMARTS) is 1. The topological polar surface area (TPSA) is 69.8 Å². The molecule has 1 fully saturated rings. The molecule has 0 aromatic heterocycles. The molecule has 1 aliphatic heterocycles. The Morgan fingerprint density at radius 3 is 2.71 bits per heavy atom. The highest BCUT2D eigenvalue weighted by atomic mass is 16.4. The number of nitrogens with two attached hydrogens (primary N) is 1. The van der Waals surface area contributed by atoms with Gasteiger partial charge in [-0.25, -0.2) is 4.79 Å². The molecule has 21 heavy (non-hydrogen) atoms. The number of hydrogen-bond donors (Lipinski definition) is 2. The Hall–Kier alpha value is -1.59. The molecule has 2 rings (SSSR count). The van der Waals surface area contributed by atoms with Crippen LogP contribution in [0.5, 0.6) is 0 Å². The van der Waals surface area contributed by atoms with Crippen molar-refractivity contribution in [3.05, 3.63) is 29.3 Å². The van der Waals surface area contributed by atoms with Gasteiger partial charge in [-0.15, -0.1) is 0 Å². The minimum atomic E-state index is -0.948. The van der Waals surface area contributed by atoms with Crippen LogP contribution in [0.2, 0.25) is 0 Å². The van der Waals surface area contributed by atoms with Gasteiger partial charge in [-0.3, -0.25) is 0 Å². The first-order valence-corrected chi connectivity index (χ1v) is 7.45. The number of benzene rings is 1. The van der Waals surface area contributed by atoms with Gasteiger partial charge in [0.15, 0.2) is 0 Å². The van der Waals surface area contributed by atoms with Gasteiger partial charge in [-0.2, -0.15) is 0 Å². The molecule has 1 heterocycles. The summed E-state index contributed by atoms with van der Waals surface area (Å²) >= 11 is 0. The molecule has 1 aromatic rings. The van der Waals surface area contributed by atoms with Gasteiger partial charge in [0.2, 0.25) is 0 Å². The van der Waals surface area contributed by atoms with Crippen LogP contribution >= 0.6 is 0 Å². The summed E-state index contributed by atoms with van der Waals surface area (Å²) in [6, 6.07) is 5.31. The van der Waals surface area contributed by atoms with E-state index in [2.05, 4.69) is 16.8 Å². The van der Waals surface area contributed by atoms with Crippen molar-refractivity contribution in [2.24, 2.45) is 5.92 Å². The van der Waals surface area contributed by atoms with E-state index in [1.165, 1.54) is 12.8 Å². The number of rotatable bonds is 5. The monoisotopic (exact) mass is 291 g/mol. The summed E-state index contributed by atoms with van der Waals surface area (Å²) in [6.07, 6.45) is 2.42. The number of piperidine rings is 1. The Kier molecular flexibility index (Phi) is 5.20. The van der Waals surface area contributed by atoms with E-state index in [0.717, 1.165) is 25.2 Å². The first-order valence-electron chi connectivity index (χ1n) is 7.45. The Bertz CT molecular complexity index is 496. The van der Waals surface area contributed by atoms with E-state index < -0.39 is 5.97 Å². The van der Waals surface area contributed by atoms with Gasteiger partial charge in [0, 0.05) is 18.8 Å². The molecule has 5 heteroatoms. The Morgan fingerprint density at radius 1 is 1.43 bits per heavy atom. The molecule has 0 aliphatic carbocycles. The van der Waals surface area contributed by atoms with Gasteiger partial charge in [-0.1, -0.05) is 12.1 Å². The third-order valence-corrected chi connectivity index (χ3v) is 4.25. The molecular formula is C16H25N3O2. The first-order chi connectivity index (χ1) is 9.97. The Morgan fingerprint density at radius 2 is 2.10 bits per heavy atom. The van der Waals surface area contributed by atoms with E-state index in [9.17, 15) is 9.90 Å². The van der Waals surface area contributed by atoms with Crippen molar-refractivity contribution in [3.8, 4) is 0 Å². The molecule has 1 saturated heterocycles. The highest BCUT2D eigenvalue weighted by molar-refractivity contribution is 5.95. The molecule has 5 nitrogen and oxygen atoms in total. The Labute approximate surface area is 126 Å². The highest BCUT2D eigenvalue weighted by Crippen LogP contribution is 2.21. The van der Waals surface area contributed by atoms with Gasteiger partial charge in [-0.05, 0) is 57.6 Å². The maximum Gasteiger partial charge on any atom is 0.338 e. The van der Waals surface area contributed by atoms with Crippen LogP contribution in [-0.2, 0) is 6.54 Å². The van der Waals surface area contributed by atoms with Crippen molar-refractivity contribution in [2.45, 2.75) is 19.4 Å². The number of anilines is 1. The van der Waals surface area contributed by atoms with Gasteiger partial charge < -0.3 is 20.6 Å². The smallest absolute Gasteiger partial charge is 0.338 e. The van der Waals surface area contributed by atoms with Crippen molar-refractivity contribution in [3.63, 3.8) is 0 Å². The second-order valence-electron chi connectivity index (χ2n) is 6.13. The van der Waals surface area contributed by atoms with Gasteiger partial charge in [0.1, 0.15) is 0 Å². The van der Waals surface area contributed by atoms with E-state index in [-0.39, 0.29) is 5.56 Å². The van der Waals surface area contributed by atoms with Crippen LogP contribution in [0.4, 0.5) is 5.69 Å². The SMILES string of the molecule is CN1CCC(CN(C)Cc2cccc(N)c2C(=O)O)CC1. The zero-order valence-electron chi connectivity index (χ0n) is 12.9. The quantitative estimate of drug-likeness (QED) is 0.809. The van der Waals surface area contributed by atoms with E-state index in [1.807, 2.05) is 19.2 Å². The van der Waals surface area contributed by atoms with Crippen LogP contribution in [-0.4, -0.2) is 54.6 Å². The molecule has 1 aliphatic rings. The van der Waals surface area contributed by atoms with Crippen LogP contribution in [0.3, 0.4) is 0 Å². The van der Waals surface area contributed by atoms with E-state index in [1.54, 1.807) is 6.07 Å². The van der Waals surface area contributed by atoms with Crippen LogP contribution in [0.15, 0.2) is 18.2 Å². The van der Waals surface area contributed by atoms with Gasteiger partial charge in [0.05, 0.1) is 5.56 Å². The molecule has 116 valence electrons. The van der Waals surface area contributed by atoms with Crippen LogP contribution in [0.1, 0.15) is 28.8 Å². The number of carbonyl (C=O) groups is 1. The zero-order chi connectivity index (χ0) is 15.4. The molecule has 0 atom stereocenters. The van der Waals surface area contributed by atoms with Gasteiger partial charge in [0.25, 0.3) is 0 Å². The second kappa shape index (κ2) is 6.91. The molecule has 0 radical (unpaired) electrons. The van der Waals surface area contributed by atoms with Crippen molar-refractivity contribution in [1.29, 1.82) is 0 Å². The lowest BCUT2D eigenvalue weighted by molar-refractivity contribution is 0.0695. The number of nitrogens with zero attached hydrogens (tertiary/aromatic N) is 2. The van der Waals surface area contributed by atoms with Crippen LogP contribution in [0, 0.1) is 5.92 Å². The second-order valence-corrected chi connectivity index (χ2v) is 6.13. The summed E-state index contributed by atoms with van der Waals surface area (Å²) in [5.41, 5.74) is 7.17. The lowest BCUT2D eigenvalue weighted by atomic mass is 9.96. The number of aromatic carboxylic acids is 1. The molecule has 0 saturated carbocycles. The fourth-order valence-corrected chi connectivity index (χ4v) is 3.05. The van der Waals surface area contributed by atoms with E-state index >= 15 is 0 Å². The van der Waals surface area contributed by atoms with Crippen molar-refractivity contribution in [2.75, 3.05) is 39.5 Å². The fourth-order valence-electron chi connectivity index (χ4n) is 3.05. The molecule has 1 aromatic carbocycles. The van der Waals surface area contributed by atoms with Crippen molar-refractivity contribution >= 4 is 11.7 Å².